The predicted molar refractivity (Wildman–Crippen MR) is 79.0 cm³/mol. The molecule has 1 amide bonds. The average Bonchev–Trinajstić information content (AvgIpc) is 2.28. The van der Waals surface area contributed by atoms with Crippen LogP contribution in [0.15, 0.2) is 24.3 Å². The molecular weight excluding hydrogens is 256 g/mol. The molecule has 3 N–H and O–H groups in total. The third-order valence-corrected chi connectivity index (χ3v) is 4.97. The van der Waals surface area contributed by atoms with Gasteiger partial charge in [0, 0.05) is 12.5 Å². The third-order valence-electron chi connectivity index (χ3n) is 4.58. The van der Waals surface area contributed by atoms with E-state index in [0.717, 1.165) is 25.7 Å². The van der Waals surface area contributed by atoms with Gasteiger partial charge in [-0.1, -0.05) is 42.9 Å². The summed E-state index contributed by atoms with van der Waals surface area (Å²) in [4.78, 5) is 12.6. The van der Waals surface area contributed by atoms with E-state index < -0.39 is 5.41 Å². The molecule has 2 aliphatic carbocycles. The summed E-state index contributed by atoms with van der Waals surface area (Å²) in [5.41, 5.74) is 7.94. The number of nitrogens with one attached hydrogen (secondary N) is 1. The van der Waals surface area contributed by atoms with Gasteiger partial charge in [0.05, 0.1) is 10.4 Å². The van der Waals surface area contributed by atoms with Gasteiger partial charge in [-0.3, -0.25) is 4.79 Å². The first-order valence-electron chi connectivity index (χ1n) is 6.79. The molecule has 4 heteroatoms. The van der Waals surface area contributed by atoms with E-state index in [4.69, 9.17) is 18.0 Å². The summed E-state index contributed by atoms with van der Waals surface area (Å²) in [5, 5.41) is 3.04. The maximum atomic E-state index is 12.3. The molecule has 19 heavy (non-hydrogen) atoms. The Bertz CT molecular complexity index is 537. The van der Waals surface area contributed by atoms with Crippen LogP contribution in [0.5, 0.6) is 0 Å². The minimum atomic E-state index is -0.557. The van der Waals surface area contributed by atoms with Crippen molar-refractivity contribution < 1.29 is 4.79 Å². The summed E-state index contributed by atoms with van der Waals surface area (Å²) >= 11 is 5.06. The van der Waals surface area contributed by atoms with Crippen LogP contribution in [0.3, 0.4) is 0 Å². The van der Waals surface area contributed by atoms with E-state index in [2.05, 4.69) is 29.6 Å². The molecule has 0 spiro atoms. The number of carbonyl (C=O) groups excluding carboxylic acids is 1. The van der Waals surface area contributed by atoms with Gasteiger partial charge in [-0.15, -0.1) is 0 Å². The number of hydrogen-bond acceptors (Lipinski definition) is 2. The fourth-order valence-corrected chi connectivity index (χ4v) is 3.34. The number of amides is 1. The Balaban J connectivity index is 1.59. The molecule has 1 atom stereocenters. The predicted octanol–water partition coefficient (Wildman–Crippen LogP) is 1.90. The second-order valence-electron chi connectivity index (χ2n) is 5.61. The number of fused-ring (bicyclic) bond motifs is 1. The number of carbonyl (C=O) groups is 1. The minimum Gasteiger partial charge on any atom is -0.392 e. The van der Waals surface area contributed by atoms with Crippen molar-refractivity contribution in [2.75, 3.05) is 6.54 Å². The highest BCUT2D eigenvalue weighted by Gasteiger charge is 2.47. The Morgan fingerprint density at radius 2 is 2.16 bits per heavy atom. The second kappa shape index (κ2) is 4.60. The van der Waals surface area contributed by atoms with E-state index in [1.807, 2.05) is 0 Å². The average molecular weight is 274 g/mol. The first kappa shape index (κ1) is 12.6. The fourth-order valence-electron chi connectivity index (χ4n) is 3.05. The van der Waals surface area contributed by atoms with Gasteiger partial charge in [0.15, 0.2) is 0 Å². The minimum absolute atomic E-state index is 0.0237. The summed E-state index contributed by atoms with van der Waals surface area (Å²) in [5.74, 6) is 0.472. The lowest BCUT2D eigenvalue weighted by atomic mass is 9.68. The summed E-state index contributed by atoms with van der Waals surface area (Å²) in [6.07, 6.45) is 3.69. The van der Waals surface area contributed by atoms with E-state index >= 15 is 0 Å². The van der Waals surface area contributed by atoms with Crippen molar-refractivity contribution in [3.05, 3.63) is 35.4 Å². The van der Waals surface area contributed by atoms with E-state index in [0.29, 0.717) is 17.5 Å². The van der Waals surface area contributed by atoms with Gasteiger partial charge in [0.1, 0.15) is 0 Å². The smallest absolute Gasteiger partial charge is 0.233 e. The maximum Gasteiger partial charge on any atom is 0.233 e. The first-order valence-corrected chi connectivity index (χ1v) is 7.20. The standard InChI is InChI=1S/C15H18N2OS/c16-13(19)15(6-3-7-15)14(18)17-9-11-8-10-4-1-2-5-12(10)11/h1-2,4-5,11H,3,6-9H2,(H2,16,19)(H,17,18). The summed E-state index contributed by atoms with van der Waals surface area (Å²) < 4.78 is 0. The molecule has 2 aliphatic rings. The zero-order valence-corrected chi connectivity index (χ0v) is 11.6. The monoisotopic (exact) mass is 274 g/mol. The highest BCUT2D eigenvalue weighted by atomic mass is 32.1. The van der Waals surface area contributed by atoms with Gasteiger partial charge < -0.3 is 11.1 Å². The molecule has 0 saturated heterocycles. The normalized spacial score (nSPS) is 22.6. The van der Waals surface area contributed by atoms with Crippen LogP contribution in [0.2, 0.25) is 0 Å². The third kappa shape index (κ3) is 1.94. The Hall–Kier alpha value is -1.42. The molecule has 0 radical (unpaired) electrons. The van der Waals surface area contributed by atoms with Crippen molar-refractivity contribution in [3.8, 4) is 0 Å². The van der Waals surface area contributed by atoms with Gasteiger partial charge in [-0.2, -0.15) is 0 Å². The molecule has 3 nitrogen and oxygen atoms in total. The number of nitrogens with two attached hydrogens (primary N) is 1. The SMILES string of the molecule is NC(=S)C1(C(=O)NCC2Cc3ccccc32)CCC1. The molecule has 0 aromatic heterocycles. The van der Waals surface area contributed by atoms with Gasteiger partial charge >= 0.3 is 0 Å². The molecule has 0 aliphatic heterocycles. The molecule has 1 aromatic rings. The highest BCUT2D eigenvalue weighted by Crippen LogP contribution is 2.42. The highest BCUT2D eigenvalue weighted by molar-refractivity contribution is 7.80. The van der Waals surface area contributed by atoms with Crippen LogP contribution in [0.25, 0.3) is 0 Å². The number of rotatable bonds is 4. The molecule has 0 heterocycles. The lowest BCUT2D eigenvalue weighted by Crippen LogP contribution is -2.54. The van der Waals surface area contributed by atoms with Gasteiger partial charge in [-0.25, -0.2) is 0 Å². The summed E-state index contributed by atoms with van der Waals surface area (Å²) in [7, 11) is 0. The van der Waals surface area contributed by atoms with E-state index in [1.165, 1.54) is 11.1 Å². The van der Waals surface area contributed by atoms with Crippen molar-refractivity contribution in [3.63, 3.8) is 0 Å². The van der Waals surface area contributed by atoms with Crippen molar-refractivity contribution in [2.45, 2.75) is 31.6 Å². The fraction of sp³-hybridized carbons (Fsp3) is 0.467. The molecule has 1 fully saturated rings. The van der Waals surface area contributed by atoms with Crippen LogP contribution >= 0.6 is 12.2 Å². The number of hydrogen-bond donors (Lipinski definition) is 2. The van der Waals surface area contributed by atoms with E-state index in [1.54, 1.807) is 0 Å². The number of thiocarbonyl (C=S) groups is 1. The van der Waals surface area contributed by atoms with Gasteiger partial charge in [-0.05, 0) is 30.4 Å². The van der Waals surface area contributed by atoms with Crippen molar-refractivity contribution in [1.29, 1.82) is 0 Å². The Labute approximate surface area is 118 Å². The van der Waals surface area contributed by atoms with Crippen LogP contribution in [0, 0.1) is 5.41 Å². The largest absolute Gasteiger partial charge is 0.392 e. The van der Waals surface area contributed by atoms with Crippen LogP contribution in [-0.2, 0) is 11.2 Å². The molecular formula is C15H18N2OS. The molecule has 100 valence electrons. The molecule has 1 unspecified atom stereocenters. The molecule has 1 saturated carbocycles. The van der Waals surface area contributed by atoms with Crippen LogP contribution in [0.4, 0.5) is 0 Å². The lowest BCUT2D eigenvalue weighted by Gasteiger charge is -2.40. The van der Waals surface area contributed by atoms with Gasteiger partial charge in [0.25, 0.3) is 0 Å². The van der Waals surface area contributed by atoms with Crippen LogP contribution in [0.1, 0.15) is 36.3 Å². The Morgan fingerprint density at radius 3 is 2.74 bits per heavy atom. The molecule has 3 rings (SSSR count). The van der Waals surface area contributed by atoms with Crippen molar-refractivity contribution in [1.82, 2.24) is 5.32 Å². The Morgan fingerprint density at radius 1 is 1.42 bits per heavy atom. The van der Waals surface area contributed by atoms with Crippen LogP contribution < -0.4 is 11.1 Å². The summed E-state index contributed by atoms with van der Waals surface area (Å²) in [6, 6.07) is 8.40. The van der Waals surface area contributed by atoms with Crippen molar-refractivity contribution in [2.24, 2.45) is 11.1 Å². The van der Waals surface area contributed by atoms with Crippen molar-refractivity contribution >= 4 is 23.1 Å². The van der Waals surface area contributed by atoms with Crippen LogP contribution in [-0.4, -0.2) is 17.4 Å². The summed E-state index contributed by atoms with van der Waals surface area (Å²) in [6.45, 7) is 0.695. The molecule has 0 bridgehead atoms. The first-order chi connectivity index (χ1) is 9.13. The topological polar surface area (TPSA) is 55.1 Å². The van der Waals surface area contributed by atoms with Gasteiger partial charge in [0.2, 0.25) is 5.91 Å². The number of benzene rings is 1. The zero-order chi connectivity index (χ0) is 13.5. The Kier molecular flexibility index (Phi) is 3.05. The molecule has 1 aromatic carbocycles. The van der Waals surface area contributed by atoms with E-state index in [-0.39, 0.29) is 5.91 Å². The lowest BCUT2D eigenvalue weighted by molar-refractivity contribution is -0.130. The quantitative estimate of drug-likeness (QED) is 0.825. The second-order valence-corrected chi connectivity index (χ2v) is 6.05. The van der Waals surface area contributed by atoms with E-state index in [9.17, 15) is 4.79 Å². The maximum absolute atomic E-state index is 12.3. The zero-order valence-electron chi connectivity index (χ0n) is 10.8.